The van der Waals surface area contributed by atoms with Crippen LogP contribution in [0.4, 0.5) is 0 Å². The van der Waals surface area contributed by atoms with Crippen LogP contribution in [0.1, 0.15) is 22.7 Å². The molecular formula is C17H20BrClN2. The largest absolute Gasteiger partial charge is 0.329 e. The molecule has 0 radical (unpaired) electrons. The van der Waals surface area contributed by atoms with Crippen molar-refractivity contribution in [2.24, 2.45) is 5.73 Å². The predicted molar refractivity (Wildman–Crippen MR) is 93.6 cm³/mol. The molecule has 2 N–H and O–H groups in total. The molecule has 4 heteroatoms. The smallest absolute Gasteiger partial charge is 0.0471 e. The van der Waals surface area contributed by atoms with Gasteiger partial charge in [-0.05, 0) is 42.8 Å². The summed E-state index contributed by atoms with van der Waals surface area (Å²) in [6, 6.07) is 14.5. The highest BCUT2D eigenvalue weighted by molar-refractivity contribution is 9.10. The Morgan fingerprint density at radius 2 is 1.95 bits per heavy atom. The summed E-state index contributed by atoms with van der Waals surface area (Å²) in [6.45, 7) is 3.42. The van der Waals surface area contributed by atoms with E-state index in [4.69, 9.17) is 17.3 Å². The molecule has 0 saturated heterocycles. The van der Waals surface area contributed by atoms with Crippen LogP contribution in [0.5, 0.6) is 0 Å². The van der Waals surface area contributed by atoms with Crippen LogP contribution in [0.2, 0.25) is 5.02 Å². The van der Waals surface area contributed by atoms with Gasteiger partial charge in [-0.25, -0.2) is 0 Å². The molecule has 0 aromatic heterocycles. The lowest BCUT2D eigenvalue weighted by Gasteiger charge is -2.28. The van der Waals surface area contributed by atoms with E-state index >= 15 is 0 Å². The van der Waals surface area contributed by atoms with Crippen LogP contribution in [0, 0.1) is 6.92 Å². The van der Waals surface area contributed by atoms with Crippen molar-refractivity contribution in [2.45, 2.75) is 19.5 Å². The fourth-order valence-electron chi connectivity index (χ4n) is 2.39. The quantitative estimate of drug-likeness (QED) is 0.840. The second-order valence-corrected chi connectivity index (χ2v) is 6.53. The van der Waals surface area contributed by atoms with Gasteiger partial charge in [0.1, 0.15) is 0 Å². The molecule has 0 aliphatic heterocycles. The first-order valence-electron chi connectivity index (χ1n) is 6.92. The van der Waals surface area contributed by atoms with E-state index in [1.165, 1.54) is 11.1 Å². The number of hydrogen-bond donors (Lipinski definition) is 1. The van der Waals surface area contributed by atoms with Gasteiger partial charge in [0.05, 0.1) is 0 Å². The fraction of sp³-hybridized carbons (Fsp3) is 0.294. The molecule has 1 atom stereocenters. The van der Waals surface area contributed by atoms with Gasteiger partial charge >= 0.3 is 0 Å². The normalized spacial score (nSPS) is 12.7. The van der Waals surface area contributed by atoms with Crippen molar-refractivity contribution in [3.05, 3.63) is 68.7 Å². The molecule has 21 heavy (non-hydrogen) atoms. The zero-order chi connectivity index (χ0) is 15.4. The van der Waals surface area contributed by atoms with Crippen LogP contribution in [0.3, 0.4) is 0 Å². The lowest BCUT2D eigenvalue weighted by Crippen LogP contribution is -2.30. The highest BCUT2D eigenvalue weighted by atomic mass is 79.9. The Balaban J connectivity index is 2.20. The summed E-state index contributed by atoms with van der Waals surface area (Å²) >= 11 is 9.83. The van der Waals surface area contributed by atoms with Crippen LogP contribution in [0.25, 0.3) is 0 Å². The number of nitrogens with zero attached hydrogens (tertiary/aromatic N) is 1. The molecular weight excluding hydrogens is 348 g/mol. The molecule has 2 rings (SSSR count). The maximum Gasteiger partial charge on any atom is 0.0471 e. The molecule has 2 aromatic rings. The molecule has 0 saturated carbocycles. The Hall–Kier alpha value is -0.870. The molecule has 1 unspecified atom stereocenters. The monoisotopic (exact) mass is 366 g/mol. The van der Waals surface area contributed by atoms with E-state index in [1.54, 1.807) is 0 Å². The number of likely N-dealkylation sites (N-methyl/N-ethyl adjacent to an activating group) is 1. The summed E-state index contributed by atoms with van der Waals surface area (Å²) in [4.78, 5) is 2.23. The zero-order valence-corrected chi connectivity index (χ0v) is 14.7. The first kappa shape index (κ1) is 16.5. The van der Waals surface area contributed by atoms with Crippen molar-refractivity contribution in [3.8, 4) is 0 Å². The van der Waals surface area contributed by atoms with Crippen molar-refractivity contribution in [2.75, 3.05) is 13.6 Å². The van der Waals surface area contributed by atoms with E-state index in [1.807, 2.05) is 18.2 Å². The maximum atomic E-state index is 6.24. The molecule has 0 aliphatic carbocycles. The van der Waals surface area contributed by atoms with Gasteiger partial charge in [-0.2, -0.15) is 0 Å². The van der Waals surface area contributed by atoms with Crippen molar-refractivity contribution in [3.63, 3.8) is 0 Å². The van der Waals surface area contributed by atoms with Gasteiger partial charge < -0.3 is 5.73 Å². The predicted octanol–water partition coefficient (Wildman–Crippen LogP) is 4.54. The van der Waals surface area contributed by atoms with Crippen LogP contribution in [-0.4, -0.2) is 18.5 Å². The summed E-state index contributed by atoms with van der Waals surface area (Å²) in [6.07, 6.45) is 0. The lowest BCUT2D eigenvalue weighted by molar-refractivity contribution is 0.242. The molecule has 2 nitrogen and oxygen atoms in total. The average molecular weight is 368 g/mol. The van der Waals surface area contributed by atoms with Crippen LogP contribution < -0.4 is 5.73 Å². The molecule has 0 bridgehead atoms. The van der Waals surface area contributed by atoms with Gasteiger partial charge in [0.25, 0.3) is 0 Å². The van der Waals surface area contributed by atoms with E-state index in [9.17, 15) is 0 Å². The topological polar surface area (TPSA) is 29.3 Å². The van der Waals surface area contributed by atoms with Crippen molar-refractivity contribution >= 4 is 27.5 Å². The fourth-order valence-corrected chi connectivity index (χ4v) is 2.98. The van der Waals surface area contributed by atoms with E-state index in [0.717, 1.165) is 21.6 Å². The molecule has 112 valence electrons. The van der Waals surface area contributed by atoms with Crippen LogP contribution in [-0.2, 0) is 6.54 Å². The first-order valence-corrected chi connectivity index (χ1v) is 8.09. The number of benzene rings is 2. The minimum absolute atomic E-state index is 0.165. The third kappa shape index (κ3) is 4.07. The Morgan fingerprint density at radius 3 is 2.57 bits per heavy atom. The number of halogens is 2. The molecule has 2 aromatic carbocycles. The third-order valence-corrected chi connectivity index (χ3v) is 4.94. The minimum atomic E-state index is 0.165. The summed E-state index contributed by atoms with van der Waals surface area (Å²) < 4.78 is 1.12. The summed E-state index contributed by atoms with van der Waals surface area (Å²) in [7, 11) is 2.08. The van der Waals surface area contributed by atoms with Crippen molar-refractivity contribution < 1.29 is 0 Å². The Labute approximate surface area is 140 Å². The van der Waals surface area contributed by atoms with Gasteiger partial charge in [-0.3, -0.25) is 4.90 Å². The Morgan fingerprint density at radius 1 is 1.24 bits per heavy atom. The third-order valence-electron chi connectivity index (χ3n) is 3.71. The van der Waals surface area contributed by atoms with E-state index in [-0.39, 0.29) is 6.04 Å². The van der Waals surface area contributed by atoms with E-state index in [0.29, 0.717) is 6.54 Å². The summed E-state index contributed by atoms with van der Waals surface area (Å²) in [5, 5.41) is 0.796. The van der Waals surface area contributed by atoms with Gasteiger partial charge in [0.15, 0.2) is 0 Å². The molecule has 0 amide bonds. The van der Waals surface area contributed by atoms with Gasteiger partial charge in [-0.1, -0.05) is 57.9 Å². The maximum absolute atomic E-state index is 6.24. The highest BCUT2D eigenvalue weighted by Crippen LogP contribution is 2.26. The second-order valence-electron chi connectivity index (χ2n) is 5.27. The van der Waals surface area contributed by atoms with Crippen molar-refractivity contribution in [1.82, 2.24) is 4.90 Å². The number of aryl methyl sites for hydroxylation is 1. The summed E-state index contributed by atoms with van der Waals surface area (Å²) in [5.41, 5.74) is 9.55. The SMILES string of the molecule is Cc1ccc(C(CN)N(C)Cc2ccccc2Cl)cc1Br. The van der Waals surface area contributed by atoms with Gasteiger partial charge in [0.2, 0.25) is 0 Å². The molecule has 0 heterocycles. The Kier molecular flexibility index (Phi) is 5.82. The first-order chi connectivity index (χ1) is 10.0. The Bertz CT molecular complexity index is 615. The average Bonchev–Trinajstić information content (AvgIpc) is 2.46. The lowest BCUT2D eigenvalue weighted by atomic mass is 10.0. The molecule has 0 spiro atoms. The number of rotatable bonds is 5. The summed E-state index contributed by atoms with van der Waals surface area (Å²) in [5.74, 6) is 0. The number of nitrogens with two attached hydrogens (primary N) is 1. The molecule has 0 aliphatic rings. The van der Waals surface area contributed by atoms with Crippen molar-refractivity contribution in [1.29, 1.82) is 0 Å². The molecule has 0 fully saturated rings. The zero-order valence-electron chi connectivity index (χ0n) is 12.3. The highest BCUT2D eigenvalue weighted by Gasteiger charge is 2.17. The standard InChI is InChI=1S/C17H20BrClN2/c1-12-7-8-13(9-15(12)18)17(10-20)21(2)11-14-5-3-4-6-16(14)19/h3-9,17H,10-11,20H2,1-2H3. The second kappa shape index (κ2) is 7.41. The van der Waals surface area contributed by atoms with Gasteiger partial charge in [-0.15, -0.1) is 0 Å². The number of hydrogen-bond acceptors (Lipinski definition) is 2. The minimum Gasteiger partial charge on any atom is -0.329 e. The van der Waals surface area contributed by atoms with Crippen LogP contribution >= 0.6 is 27.5 Å². The van der Waals surface area contributed by atoms with Gasteiger partial charge in [0, 0.05) is 28.6 Å². The van der Waals surface area contributed by atoms with E-state index in [2.05, 4.69) is 59.1 Å². The van der Waals surface area contributed by atoms with Crippen LogP contribution in [0.15, 0.2) is 46.9 Å². The van der Waals surface area contributed by atoms with E-state index < -0.39 is 0 Å².